The first kappa shape index (κ1) is 14.3. The largest absolute Gasteiger partial charge is 0.497 e. The van der Waals surface area contributed by atoms with Crippen molar-refractivity contribution in [1.29, 1.82) is 0 Å². The fraction of sp³-hybridized carbons (Fsp3) is 0.235. The monoisotopic (exact) mass is 298 g/mol. The Kier molecular flexibility index (Phi) is 3.87. The third kappa shape index (κ3) is 2.83. The average molecular weight is 298 g/mol. The summed E-state index contributed by atoms with van der Waals surface area (Å²) in [6.07, 6.45) is 0. The molecular formula is C17H18N2O3. The molecule has 2 aromatic rings. The van der Waals surface area contributed by atoms with Crippen LogP contribution in [0.25, 0.3) is 0 Å². The van der Waals surface area contributed by atoms with Gasteiger partial charge in [-0.1, -0.05) is 12.1 Å². The summed E-state index contributed by atoms with van der Waals surface area (Å²) in [6.45, 7) is 2.19. The zero-order valence-electron chi connectivity index (χ0n) is 12.4. The third-order valence-corrected chi connectivity index (χ3v) is 3.74. The summed E-state index contributed by atoms with van der Waals surface area (Å²) in [7, 11) is 1.65. The lowest BCUT2D eigenvalue weighted by Gasteiger charge is -2.31. The molecular weight excluding hydrogens is 280 g/mol. The molecule has 0 saturated carbocycles. The smallest absolute Gasteiger partial charge is 0.248 e. The number of carbonyl (C=O) groups excluding carboxylic acids is 1. The van der Waals surface area contributed by atoms with E-state index in [2.05, 4.69) is 4.90 Å². The minimum Gasteiger partial charge on any atom is -0.497 e. The summed E-state index contributed by atoms with van der Waals surface area (Å²) in [6, 6.07) is 13.2. The SMILES string of the molecule is COc1ccc2c(c1)N(Cc1ccc(C(N)=O)cc1)CCO2. The van der Waals surface area contributed by atoms with Crippen LogP contribution in [0.15, 0.2) is 42.5 Å². The lowest BCUT2D eigenvalue weighted by Crippen LogP contribution is -2.32. The molecule has 1 amide bonds. The second-order valence-electron chi connectivity index (χ2n) is 5.16. The van der Waals surface area contributed by atoms with E-state index >= 15 is 0 Å². The molecule has 22 heavy (non-hydrogen) atoms. The van der Waals surface area contributed by atoms with Gasteiger partial charge in [-0.25, -0.2) is 0 Å². The number of amides is 1. The molecule has 0 aromatic heterocycles. The Hall–Kier alpha value is -2.69. The Morgan fingerprint density at radius 3 is 2.73 bits per heavy atom. The highest BCUT2D eigenvalue weighted by molar-refractivity contribution is 5.92. The highest BCUT2D eigenvalue weighted by Gasteiger charge is 2.19. The van der Waals surface area contributed by atoms with Gasteiger partial charge in [0.2, 0.25) is 5.91 Å². The molecule has 0 saturated heterocycles. The second-order valence-corrected chi connectivity index (χ2v) is 5.16. The van der Waals surface area contributed by atoms with Gasteiger partial charge in [0, 0.05) is 18.2 Å². The second kappa shape index (κ2) is 5.97. The fourth-order valence-corrected chi connectivity index (χ4v) is 2.54. The van der Waals surface area contributed by atoms with Crippen molar-refractivity contribution in [2.24, 2.45) is 5.73 Å². The van der Waals surface area contributed by atoms with Gasteiger partial charge in [-0.05, 0) is 29.8 Å². The number of hydrogen-bond acceptors (Lipinski definition) is 4. The van der Waals surface area contributed by atoms with Gasteiger partial charge < -0.3 is 20.1 Å². The van der Waals surface area contributed by atoms with Crippen molar-refractivity contribution in [1.82, 2.24) is 0 Å². The predicted molar refractivity (Wildman–Crippen MR) is 84.5 cm³/mol. The van der Waals surface area contributed by atoms with Gasteiger partial charge in [-0.3, -0.25) is 4.79 Å². The van der Waals surface area contributed by atoms with Gasteiger partial charge in [0.05, 0.1) is 19.3 Å². The molecule has 2 N–H and O–H groups in total. The molecule has 5 nitrogen and oxygen atoms in total. The molecule has 0 unspecified atom stereocenters. The zero-order chi connectivity index (χ0) is 15.5. The van der Waals surface area contributed by atoms with E-state index in [0.29, 0.717) is 12.2 Å². The summed E-state index contributed by atoms with van der Waals surface area (Å²) in [5.41, 5.74) is 7.91. The topological polar surface area (TPSA) is 64.8 Å². The van der Waals surface area contributed by atoms with Crippen LogP contribution in [-0.4, -0.2) is 26.2 Å². The summed E-state index contributed by atoms with van der Waals surface area (Å²) >= 11 is 0. The standard InChI is InChI=1S/C17H18N2O3/c1-21-14-6-7-16-15(10-14)19(8-9-22-16)11-12-2-4-13(5-3-12)17(18)20/h2-7,10H,8-9,11H2,1H3,(H2,18,20). The zero-order valence-corrected chi connectivity index (χ0v) is 12.4. The van der Waals surface area contributed by atoms with E-state index in [1.165, 1.54) is 0 Å². The number of methoxy groups -OCH3 is 1. The molecule has 1 aliphatic rings. The molecule has 0 bridgehead atoms. The van der Waals surface area contributed by atoms with Crippen LogP contribution in [0.1, 0.15) is 15.9 Å². The van der Waals surface area contributed by atoms with E-state index in [4.69, 9.17) is 15.2 Å². The predicted octanol–water partition coefficient (Wildman–Crippen LogP) is 2.19. The molecule has 0 atom stereocenters. The lowest BCUT2D eigenvalue weighted by molar-refractivity contribution is 0.100. The van der Waals surface area contributed by atoms with Crippen LogP contribution in [0.2, 0.25) is 0 Å². The van der Waals surface area contributed by atoms with E-state index in [1.54, 1.807) is 19.2 Å². The molecule has 1 heterocycles. The van der Waals surface area contributed by atoms with E-state index in [-0.39, 0.29) is 0 Å². The van der Waals surface area contributed by atoms with Crippen molar-refractivity contribution in [3.8, 4) is 11.5 Å². The Morgan fingerprint density at radius 1 is 1.27 bits per heavy atom. The highest BCUT2D eigenvalue weighted by atomic mass is 16.5. The van der Waals surface area contributed by atoms with Gasteiger partial charge >= 0.3 is 0 Å². The maximum atomic E-state index is 11.1. The van der Waals surface area contributed by atoms with Crippen molar-refractivity contribution < 1.29 is 14.3 Å². The third-order valence-electron chi connectivity index (χ3n) is 3.74. The molecule has 0 radical (unpaired) electrons. The van der Waals surface area contributed by atoms with E-state index in [0.717, 1.165) is 35.8 Å². The number of benzene rings is 2. The first-order valence-electron chi connectivity index (χ1n) is 7.12. The number of anilines is 1. The molecule has 114 valence electrons. The number of nitrogens with zero attached hydrogens (tertiary/aromatic N) is 1. The fourth-order valence-electron chi connectivity index (χ4n) is 2.54. The van der Waals surface area contributed by atoms with Gasteiger partial charge in [-0.2, -0.15) is 0 Å². The van der Waals surface area contributed by atoms with E-state index in [1.807, 2.05) is 30.3 Å². The van der Waals surface area contributed by atoms with Gasteiger partial charge in [0.15, 0.2) is 0 Å². The number of ether oxygens (including phenoxy) is 2. The highest BCUT2D eigenvalue weighted by Crippen LogP contribution is 2.35. The quantitative estimate of drug-likeness (QED) is 0.939. The number of carbonyl (C=O) groups is 1. The molecule has 0 aliphatic carbocycles. The van der Waals surface area contributed by atoms with Crippen molar-refractivity contribution in [3.63, 3.8) is 0 Å². The Bertz CT molecular complexity index is 683. The van der Waals surface area contributed by atoms with Gasteiger partial charge in [0.25, 0.3) is 0 Å². The molecule has 2 aromatic carbocycles. The number of hydrogen-bond donors (Lipinski definition) is 1. The summed E-state index contributed by atoms with van der Waals surface area (Å²) in [5, 5.41) is 0. The van der Waals surface area contributed by atoms with Crippen molar-refractivity contribution in [2.45, 2.75) is 6.54 Å². The van der Waals surface area contributed by atoms with Crippen LogP contribution >= 0.6 is 0 Å². The first-order valence-corrected chi connectivity index (χ1v) is 7.12. The number of rotatable bonds is 4. The lowest BCUT2D eigenvalue weighted by atomic mass is 10.1. The van der Waals surface area contributed by atoms with Crippen molar-refractivity contribution in [2.75, 3.05) is 25.2 Å². The summed E-state index contributed by atoms with van der Waals surface area (Å²) < 4.78 is 11.0. The van der Waals surface area contributed by atoms with Gasteiger partial charge in [-0.15, -0.1) is 0 Å². The van der Waals surface area contributed by atoms with Crippen LogP contribution in [0.5, 0.6) is 11.5 Å². The van der Waals surface area contributed by atoms with Crippen molar-refractivity contribution >= 4 is 11.6 Å². The van der Waals surface area contributed by atoms with Crippen LogP contribution in [0.3, 0.4) is 0 Å². The van der Waals surface area contributed by atoms with Crippen LogP contribution in [0, 0.1) is 0 Å². The Morgan fingerprint density at radius 2 is 2.05 bits per heavy atom. The van der Waals surface area contributed by atoms with E-state index < -0.39 is 5.91 Å². The number of fused-ring (bicyclic) bond motifs is 1. The van der Waals surface area contributed by atoms with Crippen LogP contribution in [0.4, 0.5) is 5.69 Å². The van der Waals surface area contributed by atoms with Gasteiger partial charge in [0.1, 0.15) is 18.1 Å². The van der Waals surface area contributed by atoms with Crippen LogP contribution in [-0.2, 0) is 6.54 Å². The maximum absolute atomic E-state index is 11.1. The minimum absolute atomic E-state index is 0.409. The summed E-state index contributed by atoms with van der Waals surface area (Å²) in [4.78, 5) is 13.4. The molecule has 0 spiro atoms. The summed E-state index contributed by atoms with van der Waals surface area (Å²) in [5.74, 6) is 1.26. The molecule has 0 fully saturated rings. The maximum Gasteiger partial charge on any atom is 0.248 e. The molecule has 1 aliphatic heterocycles. The van der Waals surface area contributed by atoms with Crippen LogP contribution < -0.4 is 20.1 Å². The Balaban J connectivity index is 1.83. The van der Waals surface area contributed by atoms with Crippen molar-refractivity contribution in [3.05, 3.63) is 53.6 Å². The molecule has 3 rings (SSSR count). The van der Waals surface area contributed by atoms with E-state index in [9.17, 15) is 4.79 Å². The number of primary amides is 1. The minimum atomic E-state index is -0.409. The normalized spacial score (nSPS) is 13.2. The first-order chi connectivity index (χ1) is 10.7. The number of nitrogens with two attached hydrogens (primary N) is 1. The molecule has 5 heteroatoms. The average Bonchev–Trinajstić information content (AvgIpc) is 2.55. The Labute approximate surface area is 129 Å².